The topological polar surface area (TPSA) is 43.3 Å². The highest BCUT2D eigenvalue weighted by Gasteiger charge is 2.06. The van der Waals surface area contributed by atoms with Gasteiger partial charge in [-0.3, -0.25) is 0 Å². The van der Waals surface area contributed by atoms with Gasteiger partial charge in [-0.1, -0.05) is 30.3 Å². The van der Waals surface area contributed by atoms with Crippen LogP contribution in [0.1, 0.15) is 5.56 Å². The molecule has 0 spiro atoms. The molecular formula is C17H13N3O. The molecule has 0 aliphatic heterocycles. The molecule has 21 heavy (non-hydrogen) atoms. The third-order valence-electron chi connectivity index (χ3n) is 3.50. The van der Waals surface area contributed by atoms with Crippen molar-refractivity contribution in [1.29, 1.82) is 0 Å². The van der Waals surface area contributed by atoms with Crippen molar-refractivity contribution in [3.05, 3.63) is 66.9 Å². The lowest BCUT2D eigenvalue weighted by molar-refractivity contribution is 0.572. The van der Waals surface area contributed by atoms with Crippen molar-refractivity contribution >= 4 is 5.65 Å². The molecule has 0 saturated carbocycles. The van der Waals surface area contributed by atoms with Crippen LogP contribution in [-0.2, 0) is 0 Å². The fourth-order valence-electron chi connectivity index (χ4n) is 2.41. The molecule has 0 radical (unpaired) electrons. The Morgan fingerprint density at radius 2 is 1.76 bits per heavy atom. The van der Waals surface area contributed by atoms with Gasteiger partial charge in [0.25, 0.3) is 0 Å². The molecule has 102 valence electrons. The van der Waals surface area contributed by atoms with Crippen molar-refractivity contribution in [1.82, 2.24) is 14.4 Å². The summed E-state index contributed by atoms with van der Waals surface area (Å²) >= 11 is 0. The predicted octanol–water partition coefficient (Wildman–Crippen LogP) is 3.96. The normalized spacial score (nSPS) is 11.1. The highest BCUT2D eigenvalue weighted by Crippen LogP contribution is 2.24. The summed E-state index contributed by atoms with van der Waals surface area (Å²) < 4.78 is 7.35. The van der Waals surface area contributed by atoms with E-state index in [-0.39, 0.29) is 0 Å². The molecule has 4 nitrogen and oxygen atoms in total. The lowest BCUT2D eigenvalue weighted by atomic mass is 10.1. The molecule has 1 aromatic carbocycles. The molecular weight excluding hydrogens is 262 g/mol. The predicted molar refractivity (Wildman–Crippen MR) is 80.9 cm³/mol. The number of aromatic nitrogens is 3. The first kappa shape index (κ1) is 11.9. The van der Waals surface area contributed by atoms with Crippen LogP contribution in [-0.4, -0.2) is 14.4 Å². The Labute approximate surface area is 121 Å². The summed E-state index contributed by atoms with van der Waals surface area (Å²) in [5.41, 5.74) is 5.22. The highest BCUT2D eigenvalue weighted by atomic mass is 16.3. The van der Waals surface area contributed by atoms with E-state index in [0.717, 1.165) is 28.2 Å². The second kappa shape index (κ2) is 4.59. The van der Waals surface area contributed by atoms with Crippen molar-refractivity contribution in [3.8, 4) is 22.6 Å². The zero-order valence-electron chi connectivity index (χ0n) is 11.5. The highest BCUT2D eigenvalue weighted by molar-refractivity contribution is 5.67. The number of pyridine rings is 1. The summed E-state index contributed by atoms with van der Waals surface area (Å²) in [5, 5.41) is 0. The number of fused-ring (bicyclic) bond motifs is 1. The van der Waals surface area contributed by atoms with Gasteiger partial charge in [-0.15, -0.1) is 0 Å². The van der Waals surface area contributed by atoms with Crippen LogP contribution in [0.5, 0.6) is 0 Å². The quantitative estimate of drug-likeness (QED) is 0.556. The minimum atomic E-state index is 0.771. The van der Waals surface area contributed by atoms with Crippen LogP contribution in [0.15, 0.2) is 65.8 Å². The molecule has 0 aliphatic carbocycles. The lowest BCUT2D eigenvalue weighted by Crippen LogP contribution is -1.82. The van der Waals surface area contributed by atoms with Gasteiger partial charge in [-0.25, -0.2) is 9.97 Å². The van der Waals surface area contributed by atoms with Crippen molar-refractivity contribution in [2.24, 2.45) is 0 Å². The standard InChI is InChI=1S/C17H13N3O/c1-12-2-7-17-19-15(10-20(17)9-12)13-3-5-14(6-4-13)16-8-18-11-21-16/h2-11H,1H3. The first-order valence-corrected chi connectivity index (χ1v) is 6.74. The Morgan fingerprint density at radius 3 is 2.52 bits per heavy atom. The molecule has 4 heteroatoms. The molecule has 0 saturated heterocycles. The van der Waals surface area contributed by atoms with E-state index in [4.69, 9.17) is 4.42 Å². The SMILES string of the molecule is Cc1ccc2nc(-c3ccc(-c4cnco4)cc3)cn2c1. The van der Waals surface area contributed by atoms with Gasteiger partial charge in [0, 0.05) is 23.5 Å². The Balaban J connectivity index is 1.74. The monoisotopic (exact) mass is 275 g/mol. The molecule has 0 unspecified atom stereocenters. The molecule has 0 bridgehead atoms. The molecule has 4 aromatic rings. The lowest BCUT2D eigenvalue weighted by Gasteiger charge is -1.98. The van der Waals surface area contributed by atoms with Gasteiger partial charge in [0.05, 0.1) is 11.9 Å². The fourth-order valence-corrected chi connectivity index (χ4v) is 2.41. The molecule has 0 atom stereocenters. The number of hydrogen-bond acceptors (Lipinski definition) is 3. The second-order valence-corrected chi connectivity index (χ2v) is 5.04. The Bertz CT molecular complexity index is 890. The number of imidazole rings is 1. The average molecular weight is 275 g/mol. The summed E-state index contributed by atoms with van der Waals surface area (Å²) in [5.74, 6) is 0.771. The molecule has 0 fully saturated rings. The summed E-state index contributed by atoms with van der Waals surface area (Å²) in [4.78, 5) is 8.58. The van der Waals surface area contributed by atoms with Crippen molar-refractivity contribution in [3.63, 3.8) is 0 Å². The first-order chi connectivity index (χ1) is 10.3. The van der Waals surface area contributed by atoms with Gasteiger partial charge in [0.15, 0.2) is 12.2 Å². The Hall–Kier alpha value is -2.88. The van der Waals surface area contributed by atoms with E-state index in [9.17, 15) is 0 Å². The van der Waals surface area contributed by atoms with E-state index in [1.807, 2.05) is 36.5 Å². The molecule has 3 aromatic heterocycles. The van der Waals surface area contributed by atoms with Gasteiger partial charge in [-0.2, -0.15) is 0 Å². The summed E-state index contributed by atoms with van der Waals surface area (Å²) in [6.07, 6.45) is 7.27. The third kappa shape index (κ3) is 2.10. The number of nitrogens with zero attached hydrogens (tertiary/aromatic N) is 3. The van der Waals surface area contributed by atoms with E-state index in [2.05, 4.69) is 33.6 Å². The zero-order valence-corrected chi connectivity index (χ0v) is 11.5. The molecule has 0 amide bonds. The van der Waals surface area contributed by atoms with E-state index >= 15 is 0 Å². The largest absolute Gasteiger partial charge is 0.444 e. The molecule has 3 heterocycles. The Morgan fingerprint density at radius 1 is 0.952 bits per heavy atom. The minimum absolute atomic E-state index is 0.771. The zero-order chi connectivity index (χ0) is 14.2. The van der Waals surface area contributed by atoms with Crippen molar-refractivity contribution < 1.29 is 4.42 Å². The van der Waals surface area contributed by atoms with Gasteiger partial charge in [-0.05, 0) is 18.6 Å². The van der Waals surface area contributed by atoms with E-state index in [1.54, 1.807) is 6.20 Å². The summed E-state index contributed by atoms with van der Waals surface area (Å²) in [6, 6.07) is 12.2. The third-order valence-corrected chi connectivity index (χ3v) is 3.50. The van der Waals surface area contributed by atoms with Gasteiger partial charge in [0.2, 0.25) is 0 Å². The minimum Gasteiger partial charge on any atom is -0.444 e. The Kier molecular flexibility index (Phi) is 2.60. The van der Waals surface area contributed by atoms with Crippen LogP contribution in [0.4, 0.5) is 0 Å². The van der Waals surface area contributed by atoms with Gasteiger partial charge >= 0.3 is 0 Å². The molecule has 4 rings (SSSR count). The van der Waals surface area contributed by atoms with Crippen LogP contribution < -0.4 is 0 Å². The van der Waals surface area contributed by atoms with Crippen LogP contribution in [0, 0.1) is 6.92 Å². The number of aryl methyl sites for hydroxylation is 1. The van der Waals surface area contributed by atoms with E-state index in [0.29, 0.717) is 0 Å². The van der Waals surface area contributed by atoms with Crippen LogP contribution in [0.3, 0.4) is 0 Å². The number of hydrogen-bond donors (Lipinski definition) is 0. The number of oxazole rings is 1. The first-order valence-electron chi connectivity index (χ1n) is 6.74. The van der Waals surface area contributed by atoms with E-state index in [1.165, 1.54) is 12.0 Å². The van der Waals surface area contributed by atoms with E-state index < -0.39 is 0 Å². The smallest absolute Gasteiger partial charge is 0.181 e. The van der Waals surface area contributed by atoms with Crippen molar-refractivity contribution in [2.75, 3.05) is 0 Å². The maximum absolute atomic E-state index is 5.30. The summed E-state index contributed by atoms with van der Waals surface area (Å²) in [6.45, 7) is 2.07. The van der Waals surface area contributed by atoms with Gasteiger partial charge in [0.1, 0.15) is 5.65 Å². The number of benzene rings is 1. The average Bonchev–Trinajstić information content (AvgIpc) is 3.16. The second-order valence-electron chi connectivity index (χ2n) is 5.04. The van der Waals surface area contributed by atoms with Crippen LogP contribution >= 0.6 is 0 Å². The number of rotatable bonds is 2. The maximum Gasteiger partial charge on any atom is 0.181 e. The summed E-state index contributed by atoms with van der Waals surface area (Å²) in [7, 11) is 0. The van der Waals surface area contributed by atoms with Crippen molar-refractivity contribution in [2.45, 2.75) is 6.92 Å². The molecule has 0 aliphatic rings. The van der Waals surface area contributed by atoms with Crippen LogP contribution in [0.2, 0.25) is 0 Å². The van der Waals surface area contributed by atoms with Crippen LogP contribution in [0.25, 0.3) is 28.2 Å². The van der Waals surface area contributed by atoms with Gasteiger partial charge < -0.3 is 8.82 Å². The molecule has 0 N–H and O–H groups in total. The maximum atomic E-state index is 5.30. The fraction of sp³-hybridized carbons (Fsp3) is 0.0588.